The number of allylic oxidation sites excluding steroid dienone is 1. The van der Waals surface area contributed by atoms with Gasteiger partial charge in [0.15, 0.2) is 0 Å². The average Bonchev–Trinajstić information content (AvgIpc) is 3.02. The van der Waals surface area contributed by atoms with Gasteiger partial charge in [0.25, 0.3) is 0 Å². The van der Waals surface area contributed by atoms with Crippen LogP contribution in [-0.4, -0.2) is 49.7 Å². The Kier molecular flexibility index (Phi) is 5.40. The number of fused-ring (bicyclic) bond motifs is 2. The number of piperazine rings is 1. The Morgan fingerprint density at radius 3 is 2.71 bits per heavy atom. The molecule has 2 aliphatic heterocycles. The van der Waals surface area contributed by atoms with Crippen LogP contribution in [0.3, 0.4) is 0 Å². The van der Waals surface area contributed by atoms with Crippen molar-refractivity contribution in [2.75, 3.05) is 37.6 Å². The molecule has 2 heterocycles. The maximum absolute atomic E-state index is 12.9. The van der Waals surface area contributed by atoms with Gasteiger partial charge in [-0.15, -0.1) is 0 Å². The summed E-state index contributed by atoms with van der Waals surface area (Å²) in [5.74, 6) is 0.965. The second-order valence-corrected chi connectivity index (χ2v) is 10.9. The first-order valence-corrected chi connectivity index (χ1v) is 12.3. The summed E-state index contributed by atoms with van der Waals surface area (Å²) >= 11 is 0. The van der Waals surface area contributed by atoms with Gasteiger partial charge >= 0.3 is 5.97 Å². The van der Waals surface area contributed by atoms with Crippen LogP contribution in [-0.2, 0) is 9.53 Å². The van der Waals surface area contributed by atoms with Gasteiger partial charge in [0.2, 0.25) is 0 Å². The second kappa shape index (κ2) is 7.95. The zero-order valence-electron chi connectivity index (χ0n) is 19.7. The number of aryl methyl sites for hydroxylation is 2. The maximum atomic E-state index is 12.9. The van der Waals surface area contributed by atoms with Crippen molar-refractivity contribution in [2.24, 2.45) is 23.2 Å². The van der Waals surface area contributed by atoms with E-state index in [0.717, 1.165) is 39.1 Å². The summed E-state index contributed by atoms with van der Waals surface area (Å²) in [4.78, 5) is 17.9. The highest BCUT2D eigenvalue weighted by atomic mass is 16.6. The summed E-state index contributed by atoms with van der Waals surface area (Å²) in [6.45, 7) is 14.1. The molecule has 1 aromatic carbocycles. The Hall–Kier alpha value is -1.81. The quantitative estimate of drug-likeness (QED) is 0.520. The van der Waals surface area contributed by atoms with Gasteiger partial charge in [-0.05, 0) is 61.6 Å². The van der Waals surface area contributed by atoms with Gasteiger partial charge in [0.1, 0.15) is 6.10 Å². The predicted octanol–water partition coefficient (Wildman–Crippen LogP) is 4.74. The van der Waals surface area contributed by atoms with Crippen LogP contribution in [0.15, 0.2) is 29.8 Å². The molecule has 1 aromatic rings. The standard InChI is InChI=1S/C27H38N2O2/c1-18-7-8-20(3)24(14-18)29-12-10-28(11-13-29)17-22-21-15-23-19(2)6-5-9-27(23,4)16-25(21)31-26(22)30/h7-8,14-15,19,21-22,25H,5-6,9-13,16-17H2,1-4H3/t19-,21-,22+,25+,27+/m1/s1. The van der Waals surface area contributed by atoms with Crippen LogP contribution < -0.4 is 4.90 Å². The van der Waals surface area contributed by atoms with E-state index in [4.69, 9.17) is 4.74 Å². The zero-order chi connectivity index (χ0) is 21.8. The third-order valence-electron chi connectivity index (χ3n) is 8.61. The Bertz CT molecular complexity index is 885. The van der Waals surface area contributed by atoms with E-state index in [0.29, 0.717) is 5.92 Å². The number of carbonyl (C=O) groups excluding carboxylic acids is 1. The number of hydrogen-bond acceptors (Lipinski definition) is 4. The van der Waals surface area contributed by atoms with E-state index >= 15 is 0 Å². The number of carbonyl (C=O) groups is 1. The number of hydrogen-bond donors (Lipinski definition) is 0. The number of rotatable bonds is 3. The highest BCUT2D eigenvalue weighted by molar-refractivity contribution is 5.76. The molecule has 0 bridgehead atoms. The van der Waals surface area contributed by atoms with E-state index in [2.05, 4.69) is 61.8 Å². The number of nitrogens with zero attached hydrogens (tertiary/aromatic N) is 2. The summed E-state index contributed by atoms with van der Waals surface area (Å²) < 4.78 is 5.97. The summed E-state index contributed by atoms with van der Waals surface area (Å²) in [5, 5.41) is 0. The normalized spacial score (nSPS) is 35.9. The average molecular weight is 423 g/mol. The van der Waals surface area contributed by atoms with E-state index in [1.165, 1.54) is 36.1 Å². The molecule has 5 rings (SSSR count). The largest absolute Gasteiger partial charge is 0.461 e. The van der Waals surface area contributed by atoms with Crippen molar-refractivity contribution in [3.8, 4) is 0 Å². The SMILES string of the molecule is Cc1ccc(C)c(N2CCN(C[C@@H]3C(=O)O[C@H]4C[C@]5(C)CCC[C@@H](C)C5=C[C@@H]43)CC2)c1. The molecule has 4 aliphatic rings. The van der Waals surface area contributed by atoms with Gasteiger partial charge in [-0.1, -0.05) is 44.1 Å². The van der Waals surface area contributed by atoms with Gasteiger partial charge in [-0.25, -0.2) is 0 Å². The molecule has 0 aromatic heterocycles. The molecule has 0 spiro atoms. The predicted molar refractivity (Wildman–Crippen MR) is 125 cm³/mol. The van der Waals surface area contributed by atoms with Gasteiger partial charge in [0.05, 0.1) is 5.92 Å². The van der Waals surface area contributed by atoms with Gasteiger partial charge in [-0.2, -0.15) is 0 Å². The monoisotopic (exact) mass is 422 g/mol. The highest BCUT2D eigenvalue weighted by Gasteiger charge is 2.52. The smallest absolute Gasteiger partial charge is 0.311 e. The molecular weight excluding hydrogens is 384 g/mol. The van der Waals surface area contributed by atoms with Crippen LogP contribution in [0.25, 0.3) is 0 Å². The van der Waals surface area contributed by atoms with Gasteiger partial charge in [-0.3, -0.25) is 9.69 Å². The first-order chi connectivity index (χ1) is 14.8. The first kappa shape index (κ1) is 21.1. The molecule has 4 heteroatoms. The molecule has 4 nitrogen and oxygen atoms in total. The minimum Gasteiger partial charge on any atom is -0.461 e. The molecule has 0 amide bonds. The minimum absolute atomic E-state index is 0.00318. The van der Waals surface area contributed by atoms with Crippen molar-refractivity contribution in [1.82, 2.24) is 4.90 Å². The molecule has 168 valence electrons. The van der Waals surface area contributed by atoms with E-state index in [1.54, 1.807) is 5.57 Å². The van der Waals surface area contributed by atoms with Gasteiger partial charge < -0.3 is 9.64 Å². The lowest BCUT2D eigenvalue weighted by molar-refractivity contribution is -0.145. The van der Waals surface area contributed by atoms with Gasteiger partial charge in [0, 0.05) is 44.3 Å². The molecule has 5 atom stereocenters. The highest BCUT2D eigenvalue weighted by Crippen LogP contribution is 2.54. The minimum atomic E-state index is 0.00318. The van der Waals surface area contributed by atoms with Crippen LogP contribution in [0.4, 0.5) is 5.69 Å². The number of anilines is 1. The lowest BCUT2D eigenvalue weighted by Crippen LogP contribution is -2.49. The maximum Gasteiger partial charge on any atom is 0.311 e. The molecular formula is C27H38N2O2. The Morgan fingerprint density at radius 1 is 1.16 bits per heavy atom. The first-order valence-electron chi connectivity index (χ1n) is 12.3. The van der Waals surface area contributed by atoms with Crippen LogP contribution in [0.2, 0.25) is 0 Å². The van der Waals surface area contributed by atoms with Crippen molar-refractivity contribution in [1.29, 1.82) is 0 Å². The van der Waals surface area contributed by atoms with E-state index in [-0.39, 0.29) is 29.3 Å². The second-order valence-electron chi connectivity index (χ2n) is 10.9. The molecule has 3 fully saturated rings. The molecule has 0 unspecified atom stereocenters. The summed E-state index contributed by atoms with van der Waals surface area (Å²) in [6, 6.07) is 6.72. The molecule has 2 saturated heterocycles. The van der Waals surface area contributed by atoms with Crippen molar-refractivity contribution in [3.63, 3.8) is 0 Å². The van der Waals surface area contributed by atoms with Crippen molar-refractivity contribution in [2.45, 2.75) is 59.5 Å². The van der Waals surface area contributed by atoms with Crippen molar-refractivity contribution < 1.29 is 9.53 Å². The summed E-state index contributed by atoms with van der Waals surface area (Å²) in [6.07, 6.45) is 7.44. The van der Waals surface area contributed by atoms with E-state index in [1.807, 2.05) is 0 Å². The fraction of sp³-hybridized carbons (Fsp3) is 0.667. The van der Waals surface area contributed by atoms with E-state index in [9.17, 15) is 4.79 Å². The number of benzene rings is 1. The third kappa shape index (κ3) is 3.82. The fourth-order valence-corrected chi connectivity index (χ4v) is 6.77. The van der Waals surface area contributed by atoms with E-state index < -0.39 is 0 Å². The Morgan fingerprint density at radius 2 is 1.94 bits per heavy atom. The molecule has 31 heavy (non-hydrogen) atoms. The molecule has 2 aliphatic carbocycles. The topological polar surface area (TPSA) is 32.8 Å². The lowest BCUT2D eigenvalue weighted by Gasteiger charge is -2.46. The zero-order valence-corrected chi connectivity index (χ0v) is 19.7. The van der Waals surface area contributed by atoms with Crippen molar-refractivity contribution >= 4 is 11.7 Å². The molecule has 1 saturated carbocycles. The number of ether oxygens (including phenoxy) is 1. The summed E-state index contributed by atoms with van der Waals surface area (Å²) in [7, 11) is 0. The Labute approximate surface area is 187 Å². The lowest BCUT2D eigenvalue weighted by atomic mass is 9.59. The van der Waals surface area contributed by atoms with Crippen LogP contribution >= 0.6 is 0 Å². The fourth-order valence-electron chi connectivity index (χ4n) is 6.77. The number of esters is 1. The Balaban J connectivity index is 1.27. The van der Waals surface area contributed by atoms with Crippen LogP contribution in [0.5, 0.6) is 0 Å². The molecule has 0 N–H and O–H groups in total. The molecule has 0 radical (unpaired) electrons. The summed E-state index contributed by atoms with van der Waals surface area (Å²) in [5.41, 5.74) is 5.88. The van der Waals surface area contributed by atoms with Crippen molar-refractivity contribution in [3.05, 3.63) is 41.0 Å². The third-order valence-corrected chi connectivity index (χ3v) is 8.61. The van der Waals surface area contributed by atoms with Crippen LogP contribution in [0.1, 0.15) is 50.7 Å². The van der Waals surface area contributed by atoms with Crippen LogP contribution in [0, 0.1) is 37.0 Å².